The average molecular weight is 350 g/mol. The third-order valence-corrected chi connectivity index (χ3v) is 4.19. The van der Waals surface area contributed by atoms with Crippen molar-refractivity contribution in [2.45, 2.75) is 38.5 Å². The van der Waals surface area contributed by atoms with E-state index in [2.05, 4.69) is 35.8 Å². The van der Waals surface area contributed by atoms with E-state index >= 15 is 0 Å². The molecular weight excluding hydrogens is 328 g/mol. The van der Waals surface area contributed by atoms with Gasteiger partial charge in [0.2, 0.25) is 11.9 Å². The lowest BCUT2D eigenvalue weighted by molar-refractivity contribution is 0.766. The van der Waals surface area contributed by atoms with E-state index in [1.54, 1.807) is 0 Å². The lowest BCUT2D eigenvalue weighted by Crippen LogP contribution is -2.08. The van der Waals surface area contributed by atoms with Crippen molar-refractivity contribution >= 4 is 29.1 Å². The second kappa shape index (κ2) is 6.62. The second-order valence-electron chi connectivity index (χ2n) is 6.85. The highest BCUT2D eigenvalue weighted by Gasteiger charge is 2.25. The van der Waals surface area contributed by atoms with Crippen LogP contribution in [0, 0.1) is 0 Å². The zero-order chi connectivity index (χ0) is 18.1. The fourth-order valence-electron chi connectivity index (χ4n) is 2.58. The zero-order valence-corrected chi connectivity index (χ0v) is 14.8. The van der Waals surface area contributed by atoms with E-state index < -0.39 is 0 Å². The Balaban J connectivity index is 1.58. The van der Waals surface area contributed by atoms with Gasteiger partial charge in [-0.15, -0.1) is 0 Å². The van der Waals surface area contributed by atoms with E-state index in [0.29, 0.717) is 35.1 Å². The first-order valence-electron chi connectivity index (χ1n) is 8.77. The van der Waals surface area contributed by atoms with Crippen LogP contribution in [-0.2, 0) is 0 Å². The molecule has 0 bridgehead atoms. The van der Waals surface area contributed by atoms with Crippen molar-refractivity contribution in [3.63, 3.8) is 0 Å². The molecule has 8 heteroatoms. The fraction of sp³-hybridized carbons (Fsp3) is 0.333. The maximum absolute atomic E-state index is 5.73. The van der Waals surface area contributed by atoms with Crippen LogP contribution >= 0.6 is 0 Å². The third kappa shape index (κ3) is 3.74. The summed E-state index contributed by atoms with van der Waals surface area (Å²) in [6.45, 7) is 4.09. The number of aromatic nitrogens is 5. The van der Waals surface area contributed by atoms with Crippen LogP contribution < -0.4 is 16.4 Å². The van der Waals surface area contributed by atoms with E-state index in [0.717, 1.165) is 11.4 Å². The maximum atomic E-state index is 5.73. The van der Waals surface area contributed by atoms with Crippen LogP contribution in [0.25, 0.3) is 0 Å². The molecule has 0 radical (unpaired) electrons. The molecule has 4 rings (SSSR count). The van der Waals surface area contributed by atoms with E-state index in [9.17, 15) is 0 Å². The van der Waals surface area contributed by atoms with E-state index in [1.165, 1.54) is 12.8 Å². The molecule has 26 heavy (non-hydrogen) atoms. The summed E-state index contributed by atoms with van der Waals surface area (Å²) in [5.74, 6) is 3.16. The molecular formula is C18H22N8. The minimum absolute atomic E-state index is 0.173. The Kier molecular flexibility index (Phi) is 4.16. The van der Waals surface area contributed by atoms with Crippen LogP contribution in [0.5, 0.6) is 0 Å². The molecule has 2 aromatic heterocycles. The molecule has 3 aromatic rings. The normalized spacial score (nSPS) is 13.8. The van der Waals surface area contributed by atoms with E-state index in [4.69, 9.17) is 5.73 Å². The van der Waals surface area contributed by atoms with Gasteiger partial charge in [0.25, 0.3) is 0 Å². The van der Waals surface area contributed by atoms with Crippen LogP contribution in [0.15, 0.2) is 30.3 Å². The van der Waals surface area contributed by atoms with Crippen molar-refractivity contribution in [1.82, 2.24) is 25.1 Å². The molecule has 1 aliphatic carbocycles. The quantitative estimate of drug-likeness (QED) is 0.501. The Morgan fingerprint density at radius 1 is 1.04 bits per heavy atom. The smallest absolute Gasteiger partial charge is 0.233 e. The number of hydrogen-bond donors (Lipinski definition) is 4. The van der Waals surface area contributed by atoms with Crippen molar-refractivity contribution in [2.24, 2.45) is 0 Å². The summed E-state index contributed by atoms with van der Waals surface area (Å²) in [7, 11) is 0. The largest absolute Gasteiger partial charge is 0.399 e. The molecule has 2 heterocycles. The predicted molar refractivity (Wildman–Crippen MR) is 102 cm³/mol. The molecule has 0 atom stereocenters. The summed E-state index contributed by atoms with van der Waals surface area (Å²) in [4.78, 5) is 13.5. The minimum atomic E-state index is 0.173. The van der Waals surface area contributed by atoms with Crippen molar-refractivity contribution in [1.29, 1.82) is 0 Å². The first-order valence-corrected chi connectivity index (χ1v) is 8.77. The topological polar surface area (TPSA) is 117 Å². The number of nitrogens with two attached hydrogens (primary N) is 1. The molecule has 1 saturated carbocycles. The van der Waals surface area contributed by atoms with Gasteiger partial charge in [0, 0.05) is 35.0 Å². The number of H-pyrrole nitrogens is 1. The number of nitrogen functional groups attached to an aromatic ring is 1. The van der Waals surface area contributed by atoms with Gasteiger partial charge in [-0.25, -0.2) is 0 Å². The summed E-state index contributed by atoms with van der Waals surface area (Å²) in [5.41, 5.74) is 8.46. The number of aromatic amines is 1. The third-order valence-electron chi connectivity index (χ3n) is 4.19. The molecule has 8 nitrogen and oxygen atoms in total. The van der Waals surface area contributed by atoms with Crippen LogP contribution in [-0.4, -0.2) is 25.1 Å². The van der Waals surface area contributed by atoms with Gasteiger partial charge in [-0.3, -0.25) is 5.10 Å². The number of nitrogens with one attached hydrogen (secondary N) is 3. The van der Waals surface area contributed by atoms with Gasteiger partial charge in [-0.1, -0.05) is 13.8 Å². The van der Waals surface area contributed by atoms with Gasteiger partial charge >= 0.3 is 0 Å². The molecule has 0 aliphatic heterocycles. The van der Waals surface area contributed by atoms with Crippen LogP contribution in [0.2, 0.25) is 0 Å². The van der Waals surface area contributed by atoms with Crippen LogP contribution in [0.1, 0.15) is 50.0 Å². The Bertz CT molecular complexity index is 896. The zero-order valence-electron chi connectivity index (χ0n) is 14.8. The van der Waals surface area contributed by atoms with E-state index in [-0.39, 0.29) is 5.92 Å². The standard InChI is InChI=1S/C18H22N8/c1-10(2)16-22-17(20-13-7-5-12(19)6-8-13)24-18(23-16)21-15-9-14(25-26-15)11-3-4-11/h5-11H,3-4,19H2,1-2H3,(H3,20,21,22,23,24,25,26). The monoisotopic (exact) mass is 350 g/mol. The molecule has 0 unspecified atom stereocenters. The number of rotatable bonds is 6. The van der Waals surface area contributed by atoms with E-state index in [1.807, 2.05) is 44.2 Å². The Hall–Kier alpha value is -3.16. The van der Waals surface area contributed by atoms with Gasteiger partial charge in [0.1, 0.15) is 5.82 Å². The fourth-order valence-corrected chi connectivity index (χ4v) is 2.58. The van der Waals surface area contributed by atoms with Crippen molar-refractivity contribution in [3.8, 4) is 0 Å². The SMILES string of the molecule is CC(C)c1nc(Nc2ccc(N)cc2)nc(Nc2cc(C3CC3)[nH]n2)n1. The summed E-state index contributed by atoms with van der Waals surface area (Å²) in [6, 6.07) is 9.45. The van der Waals surface area contributed by atoms with Crippen LogP contribution in [0.4, 0.5) is 29.1 Å². The molecule has 1 fully saturated rings. The number of anilines is 5. The summed E-state index contributed by atoms with van der Waals surface area (Å²) < 4.78 is 0. The van der Waals surface area contributed by atoms with Crippen molar-refractivity contribution in [2.75, 3.05) is 16.4 Å². The highest BCUT2D eigenvalue weighted by atomic mass is 15.3. The highest BCUT2D eigenvalue weighted by Crippen LogP contribution is 2.39. The lowest BCUT2D eigenvalue weighted by Gasteiger charge is -2.11. The van der Waals surface area contributed by atoms with Crippen molar-refractivity contribution < 1.29 is 0 Å². The summed E-state index contributed by atoms with van der Waals surface area (Å²) >= 11 is 0. The van der Waals surface area contributed by atoms with Gasteiger partial charge < -0.3 is 16.4 Å². The first-order chi connectivity index (χ1) is 12.6. The molecule has 5 N–H and O–H groups in total. The molecule has 0 amide bonds. The number of benzene rings is 1. The maximum Gasteiger partial charge on any atom is 0.233 e. The molecule has 0 saturated heterocycles. The Morgan fingerprint density at radius 3 is 2.38 bits per heavy atom. The highest BCUT2D eigenvalue weighted by molar-refractivity contribution is 5.58. The first kappa shape index (κ1) is 16.3. The Morgan fingerprint density at radius 2 is 1.73 bits per heavy atom. The van der Waals surface area contributed by atoms with Crippen molar-refractivity contribution in [3.05, 3.63) is 41.9 Å². The van der Waals surface area contributed by atoms with Gasteiger partial charge in [-0.05, 0) is 37.1 Å². The molecule has 134 valence electrons. The van der Waals surface area contributed by atoms with Crippen LogP contribution in [0.3, 0.4) is 0 Å². The van der Waals surface area contributed by atoms with Gasteiger partial charge in [0.05, 0.1) is 0 Å². The minimum Gasteiger partial charge on any atom is -0.399 e. The van der Waals surface area contributed by atoms with Gasteiger partial charge in [-0.2, -0.15) is 20.1 Å². The molecule has 0 spiro atoms. The summed E-state index contributed by atoms with van der Waals surface area (Å²) in [6.07, 6.45) is 2.45. The number of nitrogens with zero attached hydrogens (tertiary/aromatic N) is 4. The second-order valence-corrected chi connectivity index (χ2v) is 6.85. The predicted octanol–water partition coefficient (Wildman–Crippen LogP) is 3.66. The number of hydrogen-bond acceptors (Lipinski definition) is 7. The molecule has 1 aliphatic rings. The average Bonchev–Trinajstić information content (AvgIpc) is 3.37. The lowest BCUT2D eigenvalue weighted by atomic mass is 10.2. The van der Waals surface area contributed by atoms with Gasteiger partial charge in [0.15, 0.2) is 5.82 Å². The molecule has 1 aromatic carbocycles. The Labute approximate surface area is 151 Å². The summed E-state index contributed by atoms with van der Waals surface area (Å²) in [5, 5.41) is 13.7.